The molecule has 0 aliphatic rings. The first kappa shape index (κ1) is 9.64. The fourth-order valence-electron chi connectivity index (χ4n) is 0.800. The van der Waals surface area contributed by atoms with Crippen molar-refractivity contribution in [3.8, 4) is 0 Å². The van der Waals surface area contributed by atoms with Gasteiger partial charge in [0, 0.05) is 19.3 Å². The molecule has 2 nitrogen and oxygen atoms in total. The lowest BCUT2D eigenvalue weighted by Crippen LogP contribution is -2.18. The van der Waals surface area contributed by atoms with E-state index >= 15 is 0 Å². The summed E-state index contributed by atoms with van der Waals surface area (Å²) in [5, 5.41) is 3.12. The Balaban J connectivity index is 2.29. The highest BCUT2D eigenvalue weighted by atomic mass is 32.1. The second-order valence-electron chi connectivity index (χ2n) is 2.32. The lowest BCUT2D eigenvalue weighted by atomic mass is 10.3. The topological polar surface area (TPSA) is 24.9 Å². The Morgan fingerprint density at radius 2 is 2.42 bits per heavy atom. The van der Waals surface area contributed by atoms with Crippen LogP contribution in [0.5, 0.6) is 0 Å². The Labute approximate surface area is 82.8 Å². The van der Waals surface area contributed by atoms with E-state index in [0.29, 0.717) is 10.7 Å². The molecule has 0 radical (unpaired) electrons. The van der Waals surface area contributed by atoms with Gasteiger partial charge in [-0.3, -0.25) is 4.98 Å². The van der Waals surface area contributed by atoms with Gasteiger partial charge in [-0.05, 0) is 12.1 Å². The minimum atomic E-state index is 0.648. The highest BCUT2D eigenvalue weighted by molar-refractivity contribution is 8.11. The molecule has 1 heterocycles. The standard InChI is InChI=1S/C8H10N2S2/c11-8(12)6-9-5-7-3-1-2-4-10-7/h1-4,9H,5-6H2,(H,11,12). The summed E-state index contributed by atoms with van der Waals surface area (Å²) < 4.78 is 0.672. The minimum Gasteiger partial charge on any atom is -0.306 e. The number of pyridine rings is 1. The van der Waals surface area contributed by atoms with Crippen LogP contribution in [0.25, 0.3) is 0 Å². The van der Waals surface area contributed by atoms with Gasteiger partial charge in [0.25, 0.3) is 0 Å². The van der Waals surface area contributed by atoms with Crippen molar-refractivity contribution in [2.75, 3.05) is 6.54 Å². The van der Waals surface area contributed by atoms with Crippen molar-refractivity contribution < 1.29 is 0 Å². The fraction of sp³-hybridized carbons (Fsp3) is 0.250. The molecule has 0 bridgehead atoms. The van der Waals surface area contributed by atoms with Crippen LogP contribution in [-0.4, -0.2) is 15.7 Å². The lowest BCUT2D eigenvalue weighted by Gasteiger charge is -2.00. The molecule has 0 aromatic carbocycles. The molecule has 0 spiro atoms. The molecule has 1 N–H and O–H groups in total. The summed E-state index contributed by atoms with van der Waals surface area (Å²) >= 11 is 8.79. The predicted octanol–water partition coefficient (Wildman–Crippen LogP) is 1.43. The Kier molecular flexibility index (Phi) is 4.21. The molecular formula is C8H10N2S2. The maximum Gasteiger partial charge on any atom is 0.0586 e. The first-order valence-electron chi connectivity index (χ1n) is 3.61. The van der Waals surface area contributed by atoms with E-state index < -0.39 is 0 Å². The van der Waals surface area contributed by atoms with Crippen molar-refractivity contribution >= 4 is 29.0 Å². The SMILES string of the molecule is S=C(S)CNCc1ccccn1. The second kappa shape index (κ2) is 5.24. The van der Waals surface area contributed by atoms with Crippen molar-refractivity contribution in [2.24, 2.45) is 0 Å². The van der Waals surface area contributed by atoms with Gasteiger partial charge in [0.15, 0.2) is 0 Å². The van der Waals surface area contributed by atoms with Crippen LogP contribution in [0.1, 0.15) is 5.69 Å². The van der Waals surface area contributed by atoms with Gasteiger partial charge in [-0.1, -0.05) is 18.3 Å². The molecule has 0 saturated carbocycles. The van der Waals surface area contributed by atoms with E-state index in [2.05, 4.69) is 22.9 Å². The summed E-state index contributed by atoms with van der Waals surface area (Å²) in [6.07, 6.45) is 1.77. The monoisotopic (exact) mass is 198 g/mol. The van der Waals surface area contributed by atoms with Gasteiger partial charge < -0.3 is 5.32 Å². The van der Waals surface area contributed by atoms with E-state index in [4.69, 9.17) is 12.2 Å². The lowest BCUT2D eigenvalue weighted by molar-refractivity contribution is 0.761. The molecule has 1 rings (SSSR count). The summed E-state index contributed by atoms with van der Waals surface area (Å²) in [4.78, 5) is 4.14. The molecule has 1 aromatic rings. The molecular weight excluding hydrogens is 188 g/mol. The van der Waals surface area contributed by atoms with Crippen molar-refractivity contribution in [2.45, 2.75) is 6.54 Å². The summed E-state index contributed by atoms with van der Waals surface area (Å²) in [6, 6.07) is 5.82. The average molecular weight is 198 g/mol. The van der Waals surface area contributed by atoms with Gasteiger partial charge in [0.05, 0.1) is 9.89 Å². The molecule has 0 aliphatic heterocycles. The highest BCUT2D eigenvalue weighted by Crippen LogP contribution is 1.91. The predicted molar refractivity (Wildman–Crippen MR) is 57.5 cm³/mol. The van der Waals surface area contributed by atoms with Crippen molar-refractivity contribution in [1.29, 1.82) is 0 Å². The number of thiocarbonyl (C=S) groups is 1. The molecule has 0 aliphatic carbocycles. The Bertz CT molecular complexity index is 248. The zero-order valence-electron chi connectivity index (χ0n) is 6.53. The fourth-order valence-corrected chi connectivity index (χ4v) is 1.01. The molecule has 64 valence electrons. The molecule has 12 heavy (non-hydrogen) atoms. The van der Waals surface area contributed by atoms with Crippen LogP contribution in [0.4, 0.5) is 0 Å². The molecule has 0 atom stereocenters. The van der Waals surface area contributed by atoms with Crippen molar-refractivity contribution in [3.05, 3.63) is 30.1 Å². The van der Waals surface area contributed by atoms with Gasteiger partial charge in [-0.15, -0.1) is 12.6 Å². The second-order valence-corrected chi connectivity index (χ2v) is 3.65. The van der Waals surface area contributed by atoms with E-state index in [0.717, 1.165) is 12.2 Å². The van der Waals surface area contributed by atoms with Crippen LogP contribution in [0.15, 0.2) is 24.4 Å². The zero-order chi connectivity index (χ0) is 8.81. The molecule has 1 aromatic heterocycles. The third kappa shape index (κ3) is 3.80. The quantitative estimate of drug-likeness (QED) is 0.565. The summed E-state index contributed by atoms with van der Waals surface area (Å²) in [7, 11) is 0. The van der Waals surface area contributed by atoms with Crippen molar-refractivity contribution in [1.82, 2.24) is 10.3 Å². The van der Waals surface area contributed by atoms with Gasteiger partial charge in [-0.2, -0.15) is 0 Å². The van der Waals surface area contributed by atoms with E-state index in [1.165, 1.54) is 0 Å². The van der Waals surface area contributed by atoms with Gasteiger partial charge in [0.2, 0.25) is 0 Å². The summed E-state index contributed by atoms with van der Waals surface area (Å²) in [5.74, 6) is 0. The molecule has 0 amide bonds. The van der Waals surface area contributed by atoms with Crippen LogP contribution in [0, 0.1) is 0 Å². The Hall–Kier alpha value is -0.450. The third-order valence-electron chi connectivity index (χ3n) is 1.31. The van der Waals surface area contributed by atoms with E-state index in [-0.39, 0.29) is 0 Å². The minimum absolute atomic E-state index is 0.648. The number of hydrogen-bond donors (Lipinski definition) is 2. The van der Waals surface area contributed by atoms with Crippen LogP contribution < -0.4 is 5.32 Å². The molecule has 0 fully saturated rings. The number of nitrogens with zero attached hydrogens (tertiary/aromatic N) is 1. The summed E-state index contributed by atoms with van der Waals surface area (Å²) in [5.41, 5.74) is 1.02. The van der Waals surface area contributed by atoms with Gasteiger partial charge in [-0.25, -0.2) is 0 Å². The largest absolute Gasteiger partial charge is 0.306 e. The number of aromatic nitrogens is 1. The number of nitrogens with one attached hydrogen (secondary N) is 1. The normalized spacial score (nSPS) is 9.75. The van der Waals surface area contributed by atoms with Gasteiger partial charge in [0.1, 0.15) is 0 Å². The first-order valence-corrected chi connectivity index (χ1v) is 4.47. The van der Waals surface area contributed by atoms with Crippen LogP contribution in [0.3, 0.4) is 0 Å². The van der Waals surface area contributed by atoms with E-state index in [9.17, 15) is 0 Å². The maximum atomic E-state index is 4.79. The Morgan fingerprint density at radius 1 is 1.58 bits per heavy atom. The zero-order valence-corrected chi connectivity index (χ0v) is 8.24. The maximum absolute atomic E-state index is 4.79. The van der Waals surface area contributed by atoms with Crippen LogP contribution >= 0.6 is 24.8 Å². The smallest absolute Gasteiger partial charge is 0.0586 e. The number of hydrogen-bond acceptors (Lipinski definition) is 3. The summed E-state index contributed by atoms with van der Waals surface area (Å²) in [6.45, 7) is 1.39. The van der Waals surface area contributed by atoms with Crippen molar-refractivity contribution in [3.63, 3.8) is 0 Å². The molecule has 0 saturated heterocycles. The van der Waals surface area contributed by atoms with E-state index in [1.807, 2.05) is 18.2 Å². The highest BCUT2D eigenvalue weighted by Gasteiger charge is 1.92. The average Bonchev–Trinajstić information content (AvgIpc) is 2.05. The van der Waals surface area contributed by atoms with Gasteiger partial charge >= 0.3 is 0 Å². The molecule has 4 heteroatoms. The number of rotatable bonds is 4. The van der Waals surface area contributed by atoms with E-state index in [1.54, 1.807) is 6.20 Å². The Morgan fingerprint density at radius 3 is 3.00 bits per heavy atom. The van der Waals surface area contributed by atoms with Crippen LogP contribution in [-0.2, 0) is 6.54 Å². The first-order chi connectivity index (χ1) is 5.79. The van der Waals surface area contributed by atoms with Crippen LogP contribution in [0.2, 0.25) is 0 Å². The molecule has 0 unspecified atom stereocenters. The number of thiol groups is 1. The third-order valence-corrected chi connectivity index (χ3v) is 1.61.